The van der Waals surface area contributed by atoms with Gasteiger partial charge in [0.2, 0.25) is 5.91 Å². The van der Waals surface area contributed by atoms with Crippen LogP contribution in [0.15, 0.2) is 48.5 Å². The maximum Gasteiger partial charge on any atom is 0.407 e. The molecule has 3 rings (SSSR count). The topological polar surface area (TPSA) is 119 Å². The molecule has 1 aliphatic rings. The van der Waals surface area contributed by atoms with Gasteiger partial charge in [-0.3, -0.25) is 4.79 Å². The molecule has 1 aliphatic carbocycles. The highest BCUT2D eigenvalue weighted by Crippen LogP contribution is 2.44. The molecular formula is C24H30N2O5. The predicted octanol–water partition coefficient (Wildman–Crippen LogP) is 4.05. The standard InChI is InChI=1S/C22H25NO4.C2H5NO/c1-2-3-4-13-20(21(24)25)23-22(26)27-14-19-17-11-7-5-9-15(17)16-10-6-8-12-18(16)19;1-2(3)4/h5-12,19-20H,2-4,13-14H2,1H3,(H,23,26)(H,24,25);1H3,(H2,3,4)/t20-;/m0./s1. The molecule has 7 heteroatoms. The summed E-state index contributed by atoms with van der Waals surface area (Å²) in [5, 5.41) is 11.8. The van der Waals surface area contributed by atoms with E-state index >= 15 is 0 Å². The minimum atomic E-state index is -1.03. The molecule has 7 nitrogen and oxygen atoms in total. The highest BCUT2D eigenvalue weighted by molar-refractivity contribution is 5.81. The van der Waals surface area contributed by atoms with E-state index in [9.17, 15) is 19.5 Å². The fourth-order valence-corrected chi connectivity index (χ4v) is 3.64. The summed E-state index contributed by atoms with van der Waals surface area (Å²) >= 11 is 0. The maximum atomic E-state index is 12.2. The van der Waals surface area contributed by atoms with E-state index in [4.69, 9.17) is 4.74 Å². The number of alkyl carbamates (subject to hydrolysis) is 1. The number of carboxylic acid groups (broad SMARTS) is 1. The van der Waals surface area contributed by atoms with Gasteiger partial charge in [0.05, 0.1) is 0 Å². The Balaban J connectivity index is 0.000000785. The lowest BCUT2D eigenvalue weighted by molar-refractivity contribution is -0.139. The van der Waals surface area contributed by atoms with Crippen LogP contribution in [0.5, 0.6) is 0 Å². The van der Waals surface area contributed by atoms with E-state index in [0.29, 0.717) is 6.42 Å². The van der Waals surface area contributed by atoms with Crippen molar-refractivity contribution >= 4 is 18.0 Å². The summed E-state index contributed by atoms with van der Waals surface area (Å²) in [6.07, 6.45) is 2.43. The van der Waals surface area contributed by atoms with Gasteiger partial charge in [0.1, 0.15) is 12.6 Å². The minimum Gasteiger partial charge on any atom is -0.480 e. The van der Waals surface area contributed by atoms with Crippen molar-refractivity contribution in [1.29, 1.82) is 0 Å². The molecule has 4 N–H and O–H groups in total. The zero-order valence-corrected chi connectivity index (χ0v) is 18.0. The number of amides is 2. The average molecular weight is 427 g/mol. The van der Waals surface area contributed by atoms with Gasteiger partial charge >= 0.3 is 12.1 Å². The Morgan fingerprint density at radius 1 is 1.03 bits per heavy atom. The summed E-state index contributed by atoms with van der Waals surface area (Å²) < 4.78 is 5.41. The van der Waals surface area contributed by atoms with Gasteiger partial charge in [-0.1, -0.05) is 74.7 Å². The number of carbonyl (C=O) groups is 3. The molecular weight excluding hydrogens is 396 g/mol. The van der Waals surface area contributed by atoms with E-state index in [1.165, 1.54) is 6.92 Å². The van der Waals surface area contributed by atoms with E-state index in [-0.39, 0.29) is 18.4 Å². The zero-order chi connectivity index (χ0) is 22.8. The SMILES string of the molecule is CC(N)=O.CCCCC[C@H](NC(=O)OCC1c2ccccc2-c2ccccc21)C(=O)O. The molecule has 0 aromatic heterocycles. The van der Waals surface area contributed by atoms with Crippen molar-refractivity contribution in [3.63, 3.8) is 0 Å². The van der Waals surface area contributed by atoms with Crippen LogP contribution in [-0.2, 0) is 14.3 Å². The van der Waals surface area contributed by atoms with E-state index < -0.39 is 18.1 Å². The van der Waals surface area contributed by atoms with Crippen LogP contribution < -0.4 is 11.1 Å². The number of unbranched alkanes of at least 4 members (excludes halogenated alkanes) is 2. The third kappa shape index (κ3) is 6.84. The van der Waals surface area contributed by atoms with E-state index in [0.717, 1.165) is 41.5 Å². The minimum absolute atomic E-state index is 0.0356. The molecule has 2 aromatic rings. The summed E-state index contributed by atoms with van der Waals surface area (Å²) in [6.45, 7) is 3.54. The Morgan fingerprint density at radius 2 is 1.55 bits per heavy atom. The number of carbonyl (C=O) groups excluding carboxylic acids is 2. The Bertz CT molecular complexity index is 863. The highest BCUT2D eigenvalue weighted by atomic mass is 16.5. The predicted molar refractivity (Wildman–Crippen MR) is 119 cm³/mol. The lowest BCUT2D eigenvalue weighted by atomic mass is 9.98. The van der Waals surface area contributed by atoms with Crippen molar-refractivity contribution in [3.8, 4) is 11.1 Å². The van der Waals surface area contributed by atoms with Crippen molar-refractivity contribution in [2.24, 2.45) is 5.73 Å². The number of carboxylic acids is 1. The number of aliphatic carboxylic acids is 1. The molecule has 0 saturated heterocycles. The van der Waals surface area contributed by atoms with E-state index in [1.54, 1.807) is 0 Å². The first kappa shape index (κ1) is 23.9. The number of nitrogens with two attached hydrogens (primary N) is 1. The van der Waals surface area contributed by atoms with Crippen LogP contribution in [0.4, 0.5) is 4.79 Å². The summed E-state index contributed by atoms with van der Waals surface area (Å²) in [7, 11) is 0. The fraction of sp³-hybridized carbons (Fsp3) is 0.375. The number of fused-ring (bicyclic) bond motifs is 3. The monoisotopic (exact) mass is 426 g/mol. The van der Waals surface area contributed by atoms with Gasteiger partial charge in [-0.05, 0) is 28.7 Å². The molecule has 0 aliphatic heterocycles. The second-order valence-corrected chi connectivity index (χ2v) is 7.47. The van der Waals surface area contributed by atoms with Crippen LogP contribution in [0.1, 0.15) is 56.6 Å². The molecule has 0 saturated carbocycles. The number of primary amides is 1. The average Bonchev–Trinajstić information content (AvgIpc) is 3.05. The van der Waals surface area contributed by atoms with Gasteiger partial charge in [0.15, 0.2) is 0 Å². The molecule has 0 spiro atoms. The molecule has 1 atom stereocenters. The smallest absolute Gasteiger partial charge is 0.407 e. The Morgan fingerprint density at radius 3 is 2.03 bits per heavy atom. The van der Waals surface area contributed by atoms with Gasteiger partial charge in [-0.2, -0.15) is 0 Å². The van der Waals surface area contributed by atoms with Crippen LogP contribution in [-0.4, -0.2) is 35.7 Å². The molecule has 0 unspecified atom stereocenters. The summed E-state index contributed by atoms with van der Waals surface area (Å²) in [5.74, 6) is -1.40. The largest absolute Gasteiger partial charge is 0.480 e. The van der Waals surface area contributed by atoms with E-state index in [1.807, 2.05) is 36.4 Å². The molecule has 0 bridgehead atoms. The van der Waals surface area contributed by atoms with Crippen LogP contribution >= 0.6 is 0 Å². The Hall–Kier alpha value is -3.35. The lowest BCUT2D eigenvalue weighted by Gasteiger charge is -2.17. The summed E-state index contributed by atoms with van der Waals surface area (Å²) in [5.41, 5.74) is 9.05. The number of rotatable bonds is 8. The number of nitrogens with one attached hydrogen (secondary N) is 1. The van der Waals surface area contributed by atoms with Gasteiger partial charge < -0.3 is 20.9 Å². The van der Waals surface area contributed by atoms with Gasteiger partial charge in [0.25, 0.3) is 0 Å². The third-order valence-corrected chi connectivity index (χ3v) is 5.03. The summed E-state index contributed by atoms with van der Waals surface area (Å²) in [4.78, 5) is 32.7. The Labute approximate surface area is 182 Å². The number of hydrogen-bond acceptors (Lipinski definition) is 4. The van der Waals surface area contributed by atoms with Crippen LogP contribution in [0.2, 0.25) is 0 Å². The quantitative estimate of drug-likeness (QED) is 0.550. The molecule has 2 aromatic carbocycles. The van der Waals surface area contributed by atoms with E-state index in [2.05, 4.69) is 30.1 Å². The normalized spacial score (nSPS) is 12.6. The zero-order valence-electron chi connectivity index (χ0n) is 18.0. The number of hydrogen-bond donors (Lipinski definition) is 3. The van der Waals surface area contributed by atoms with Crippen molar-refractivity contribution in [1.82, 2.24) is 5.32 Å². The number of benzene rings is 2. The van der Waals surface area contributed by atoms with Crippen LogP contribution in [0.25, 0.3) is 11.1 Å². The van der Waals surface area contributed by atoms with Crippen molar-refractivity contribution in [2.45, 2.75) is 51.5 Å². The van der Waals surface area contributed by atoms with Gasteiger partial charge in [-0.25, -0.2) is 9.59 Å². The van der Waals surface area contributed by atoms with Gasteiger partial charge in [-0.15, -0.1) is 0 Å². The van der Waals surface area contributed by atoms with Crippen LogP contribution in [0, 0.1) is 0 Å². The molecule has 31 heavy (non-hydrogen) atoms. The third-order valence-electron chi connectivity index (χ3n) is 5.03. The van der Waals surface area contributed by atoms with Crippen molar-refractivity contribution in [3.05, 3.63) is 59.7 Å². The second kappa shape index (κ2) is 11.7. The molecule has 2 amide bonds. The van der Waals surface area contributed by atoms with Gasteiger partial charge in [0, 0.05) is 12.8 Å². The second-order valence-electron chi connectivity index (χ2n) is 7.47. The summed E-state index contributed by atoms with van der Waals surface area (Å²) in [6, 6.07) is 15.3. The maximum absolute atomic E-state index is 12.2. The molecule has 0 fully saturated rings. The van der Waals surface area contributed by atoms with Crippen LogP contribution in [0.3, 0.4) is 0 Å². The van der Waals surface area contributed by atoms with Crippen molar-refractivity contribution < 1.29 is 24.2 Å². The molecule has 0 radical (unpaired) electrons. The highest BCUT2D eigenvalue weighted by Gasteiger charge is 2.29. The first-order valence-electron chi connectivity index (χ1n) is 10.5. The Kier molecular flexibility index (Phi) is 9.06. The first-order chi connectivity index (χ1) is 14.8. The molecule has 166 valence electrons. The lowest BCUT2D eigenvalue weighted by Crippen LogP contribution is -2.41. The van der Waals surface area contributed by atoms with Crippen molar-refractivity contribution in [2.75, 3.05) is 6.61 Å². The first-order valence-corrected chi connectivity index (χ1v) is 10.5. The fourth-order valence-electron chi connectivity index (χ4n) is 3.64. The number of ether oxygens (including phenoxy) is 1. The molecule has 0 heterocycles.